The molecule has 0 amide bonds. The molecule has 4 nitrogen and oxygen atoms in total. The number of rotatable bonds is 4. The van der Waals surface area contributed by atoms with Crippen molar-refractivity contribution in [3.8, 4) is 0 Å². The number of aromatic nitrogens is 1. The first-order valence-electron chi connectivity index (χ1n) is 5.10. The summed E-state index contributed by atoms with van der Waals surface area (Å²) in [5.74, 6) is 0.516. The Morgan fingerprint density at radius 1 is 1.53 bits per heavy atom. The summed E-state index contributed by atoms with van der Waals surface area (Å²) in [6, 6.07) is 0. The molecule has 0 saturated carbocycles. The van der Waals surface area contributed by atoms with E-state index >= 15 is 0 Å². The molecule has 0 unspecified atom stereocenters. The minimum Gasteiger partial charge on any atom is -0.370 e. The second-order valence-corrected chi connectivity index (χ2v) is 4.58. The Kier molecular flexibility index (Phi) is 4.55. The van der Waals surface area contributed by atoms with Crippen LogP contribution < -0.4 is 11.1 Å². The number of nitrogens with zero attached hydrogens (tertiary/aromatic N) is 2. The molecule has 0 aromatic carbocycles. The molecule has 0 fully saturated rings. The number of nitrogens with one attached hydrogen (secondary N) is 1. The Bertz CT molecular complexity index is 324. The highest BCUT2D eigenvalue weighted by Gasteiger charge is 2.02. The Balaban J connectivity index is 2.40. The van der Waals surface area contributed by atoms with Crippen LogP contribution in [0.15, 0.2) is 4.99 Å². The van der Waals surface area contributed by atoms with Crippen LogP contribution in [0.1, 0.15) is 22.5 Å². The van der Waals surface area contributed by atoms with Gasteiger partial charge in [-0.3, -0.25) is 4.99 Å². The summed E-state index contributed by atoms with van der Waals surface area (Å²) < 4.78 is 0. The fourth-order valence-corrected chi connectivity index (χ4v) is 2.08. The Labute approximate surface area is 94.6 Å². The van der Waals surface area contributed by atoms with E-state index in [9.17, 15) is 0 Å². The van der Waals surface area contributed by atoms with Crippen LogP contribution in [-0.4, -0.2) is 24.0 Å². The molecule has 0 radical (unpaired) electrons. The molecule has 5 heteroatoms. The molecule has 0 aliphatic heterocycles. The highest BCUT2D eigenvalue weighted by atomic mass is 32.1. The zero-order valence-electron chi connectivity index (χ0n) is 9.50. The smallest absolute Gasteiger partial charge is 0.188 e. The van der Waals surface area contributed by atoms with Gasteiger partial charge in [-0.2, -0.15) is 0 Å². The van der Waals surface area contributed by atoms with E-state index in [1.165, 1.54) is 4.88 Å². The maximum absolute atomic E-state index is 5.61. The van der Waals surface area contributed by atoms with Crippen molar-refractivity contribution in [2.24, 2.45) is 10.7 Å². The van der Waals surface area contributed by atoms with E-state index < -0.39 is 0 Å². The average Bonchev–Trinajstić information content (AvgIpc) is 2.46. The zero-order valence-corrected chi connectivity index (χ0v) is 10.3. The molecule has 84 valence electrons. The van der Waals surface area contributed by atoms with Crippen molar-refractivity contribution < 1.29 is 0 Å². The molecular formula is C10H18N4S. The van der Waals surface area contributed by atoms with Gasteiger partial charge >= 0.3 is 0 Å². The quantitative estimate of drug-likeness (QED) is 0.599. The van der Waals surface area contributed by atoms with Gasteiger partial charge in [0.15, 0.2) is 5.96 Å². The third-order valence-electron chi connectivity index (χ3n) is 2.04. The molecule has 0 aliphatic rings. The fourth-order valence-electron chi connectivity index (χ4n) is 1.16. The van der Waals surface area contributed by atoms with E-state index in [0.717, 1.165) is 23.7 Å². The van der Waals surface area contributed by atoms with Gasteiger partial charge in [0.05, 0.1) is 10.7 Å². The minimum atomic E-state index is 0.516. The van der Waals surface area contributed by atoms with Crippen molar-refractivity contribution in [3.63, 3.8) is 0 Å². The predicted molar refractivity (Wildman–Crippen MR) is 65.5 cm³/mol. The maximum Gasteiger partial charge on any atom is 0.188 e. The van der Waals surface area contributed by atoms with E-state index in [0.29, 0.717) is 12.5 Å². The van der Waals surface area contributed by atoms with Gasteiger partial charge in [-0.05, 0) is 20.8 Å². The van der Waals surface area contributed by atoms with Gasteiger partial charge in [0.2, 0.25) is 0 Å². The van der Waals surface area contributed by atoms with Crippen LogP contribution in [0.5, 0.6) is 0 Å². The lowest BCUT2D eigenvalue weighted by Gasteiger charge is -2.00. The van der Waals surface area contributed by atoms with Gasteiger partial charge in [0.25, 0.3) is 0 Å². The molecule has 1 heterocycles. The number of guanidine groups is 1. The normalized spacial score (nSPS) is 11.8. The van der Waals surface area contributed by atoms with Crippen molar-refractivity contribution in [1.82, 2.24) is 10.3 Å². The van der Waals surface area contributed by atoms with Crippen molar-refractivity contribution >= 4 is 17.3 Å². The van der Waals surface area contributed by atoms with Crippen molar-refractivity contribution in [2.45, 2.75) is 27.2 Å². The number of aryl methyl sites for hydroxylation is 2. The van der Waals surface area contributed by atoms with Crippen LogP contribution in [0.2, 0.25) is 0 Å². The van der Waals surface area contributed by atoms with Crippen molar-refractivity contribution in [2.75, 3.05) is 13.1 Å². The highest BCUT2D eigenvalue weighted by Crippen LogP contribution is 2.16. The average molecular weight is 226 g/mol. The third kappa shape index (κ3) is 3.87. The number of hydrogen-bond acceptors (Lipinski definition) is 3. The number of hydrogen-bond donors (Lipinski definition) is 2. The molecule has 1 rings (SSSR count). The second kappa shape index (κ2) is 5.70. The summed E-state index contributed by atoms with van der Waals surface area (Å²) in [7, 11) is 0. The van der Waals surface area contributed by atoms with Gasteiger partial charge in [0.1, 0.15) is 0 Å². The summed E-state index contributed by atoms with van der Waals surface area (Å²) in [5.41, 5.74) is 6.73. The largest absolute Gasteiger partial charge is 0.370 e. The van der Waals surface area contributed by atoms with E-state index in [-0.39, 0.29) is 0 Å². The van der Waals surface area contributed by atoms with Crippen molar-refractivity contribution in [3.05, 3.63) is 15.6 Å². The van der Waals surface area contributed by atoms with E-state index in [2.05, 4.69) is 22.2 Å². The zero-order chi connectivity index (χ0) is 11.3. The molecular weight excluding hydrogens is 208 g/mol. The van der Waals surface area contributed by atoms with E-state index in [1.54, 1.807) is 11.3 Å². The standard InChI is InChI=1S/C10H18N4S/c1-4-12-10(11)13-6-5-9-14-7(2)8(3)15-9/h4-6H2,1-3H3,(H3,11,12,13). The molecule has 3 N–H and O–H groups in total. The van der Waals surface area contributed by atoms with Gasteiger partial charge in [0, 0.05) is 24.4 Å². The summed E-state index contributed by atoms with van der Waals surface area (Å²) >= 11 is 1.74. The van der Waals surface area contributed by atoms with Gasteiger partial charge in [-0.15, -0.1) is 11.3 Å². The van der Waals surface area contributed by atoms with Crippen molar-refractivity contribution in [1.29, 1.82) is 0 Å². The summed E-state index contributed by atoms with van der Waals surface area (Å²) in [6.07, 6.45) is 0.867. The lowest BCUT2D eigenvalue weighted by atomic mass is 10.4. The van der Waals surface area contributed by atoms with Crippen LogP contribution in [-0.2, 0) is 6.42 Å². The van der Waals surface area contributed by atoms with Gasteiger partial charge in [-0.25, -0.2) is 4.98 Å². The molecule has 1 aromatic rings. The first kappa shape index (κ1) is 12.0. The molecule has 0 atom stereocenters. The number of thiazole rings is 1. The molecule has 0 bridgehead atoms. The third-order valence-corrected chi connectivity index (χ3v) is 3.17. The van der Waals surface area contributed by atoms with E-state index in [1.807, 2.05) is 13.8 Å². The first-order valence-corrected chi connectivity index (χ1v) is 5.91. The molecule has 0 saturated heterocycles. The van der Waals surface area contributed by atoms with Crippen LogP contribution in [0.3, 0.4) is 0 Å². The molecule has 1 aromatic heterocycles. The van der Waals surface area contributed by atoms with Crippen LogP contribution in [0, 0.1) is 13.8 Å². The topological polar surface area (TPSA) is 63.3 Å². The first-order chi connectivity index (χ1) is 7.13. The number of aliphatic imine (C=N–C) groups is 1. The monoisotopic (exact) mass is 226 g/mol. The lowest BCUT2D eigenvalue weighted by Crippen LogP contribution is -2.31. The Hall–Kier alpha value is -1.10. The fraction of sp³-hybridized carbons (Fsp3) is 0.600. The highest BCUT2D eigenvalue weighted by molar-refractivity contribution is 7.11. The van der Waals surface area contributed by atoms with Crippen LogP contribution >= 0.6 is 11.3 Å². The van der Waals surface area contributed by atoms with Gasteiger partial charge in [-0.1, -0.05) is 0 Å². The molecule has 0 aliphatic carbocycles. The molecule has 15 heavy (non-hydrogen) atoms. The summed E-state index contributed by atoms with van der Waals surface area (Å²) in [5, 5.41) is 4.10. The minimum absolute atomic E-state index is 0.516. The Morgan fingerprint density at radius 2 is 2.27 bits per heavy atom. The summed E-state index contributed by atoms with van der Waals surface area (Å²) in [6.45, 7) is 7.63. The Morgan fingerprint density at radius 3 is 2.80 bits per heavy atom. The predicted octanol–water partition coefficient (Wildman–Crippen LogP) is 1.23. The van der Waals surface area contributed by atoms with Crippen LogP contribution in [0.4, 0.5) is 0 Å². The molecule has 0 spiro atoms. The maximum atomic E-state index is 5.61. The number of nitrogens with two attached hydrogens (primary N) is 1. The summed E-state index contributed by atoms with van der Waals surface area (Å²) in [4.78, 5) is 9.92. The lowest BCUT2D eigenvalue weighted by molar-refractivity contribution is 0.898. The van der Waals surface area contributed by atoms with E-state index in [4.69, 9.17) is 5.73 Å². The van der Waals surface area contributed by atoms with Gasteiger partial charge < -0.3 is 11.1 Å². The SMILES string of the molecule is CCNC(N)=NCCc1nc(C)c(C)s1. The second-order valence-electron chi connectivity index (χ2n) is 3.30. The van der Waals surface area contributed by atoms with Crippen LogP contribution in [0.25, 0.3) is 0 Å².